The first-order chi connectivity index (χ1) is 10.3. The van der Waals surface area contributed by atoms with E-state index in [1.54, 1.807) is 7.11 Å². The molecule has 116 valence electrons. The third-order valence-corrected chi connectivity index (χ3v) is 4.78. The summed E-state index contributed by atoms with van der Waals surface area (Å²) in [7, 11) is 1.71. The highest BCUT2D eigenvalue weighted by atomic mass is 16.5. The Labute approximate surface area is 126 Å². The molecule has 2 aliphatic rings. The van der Waals surface area contributed by atoms with Crippen molar-refractivity contribution in [2.45, 2.75) is 25.5 Å². The van der Waals surface area contributed by atoms with Crippen molar-refractivity contribution in [1.82, 2.24) is 10.3 Å². The van der Waals surface area contributed by atoms with Crippen molar-refractivity contribution in [3.63, 3.8) is 0 Å². The first kappa shape index (κ1) is 14.8. The molecule has 0 spiro atoms. The van der Waals surface area contributed by atoms with Gasteiger partial charge < -0.3 is 20.1 Å². The maximum atomic E-state index is 10.1. The zero-order valence-corrected chi connectivity index (χ0v) is 12.7. The van der Waals surface area contributed by atoms with Gasteiger partial charge in [0.1, 0.15) is 5.82 Å². The molecule has 0 bridgehead atoms. The number of pyridine rings is 1. The largest absolute Gasteiger partial charge is 0.393 e. The number of anilines is 1. The number of nitrogens with zero attached hydrogens (tertiary/aromatic N) is 2. The quantitative estimate of drug-likeness (QED) is 0.767. The minimum absolute atomic E-state index is 0.119. The van der Waals surface area contributed by atoms with Crippen molar-refractivity contribution in [3.8, 4) is 0 Å². The standard InChI is InChI=1S/C16H25N3O2/c1-21-8-7-17-9-12-3-2-6-18-16(12)19-10-13-4-5-15(20)14(13)11-19/h2-3,6,13-15,17,20H,4-5,7-11H2,1H3. The molecule has 0 amide bonds. The first-order valence-corrected chi connectivity index (χ1v) is 7.86. The molecule has 0 aromatic carbocycles. The molecule has 1 aliphatic heterocycles. The summed E-state index contributed by atoms with van der Waals surface area (Å²) in [4.78, 5) is 6.94. The Morgan fingerprint density at radius 3 is 3.14 bits per heavy atom. The number of methoxy groups -OCH3 is 1. The fourth-order valence-corrected chi connectivity index (χ4v) is 3.66. The molecule has 0 radical (unpaired) electrons. The van der Waals surface area contributed by atoms with Crippen LogP contribution in [0.1, 0.15) is 18.4 Å². The average Bonchev–Trinajstić information content (AvgIpc) is 3.07. The number of fused-ring (bicyclic) bond motifs is 1. The molecule has 2 heterocycles. The van der Waals surface area contributed by atoms with E-state index < -0.39 is 0 Å². The van der Waals surface area contributed by atoms with Gasteiger partial charge in [-0.25, -0.2) is 4.98 Å². The van der Waals surface area contributed by atoms with Crippen LogP contribution >= 0.6 is 0 Å². The van der Waals surface area contributed by atoms with Crippen LogP contribution in [0.3, 0.4) is 0 Å². The fourth-order valence-electron chi connectivity index (χ4n) is 3.66. The first-order valence-electron chi connectivity index (χ1n) is 7.86. The van der Waals surface area contributed by atoms with Gasteiger partial charge in [0.25, 0.3) is 0 Å². The van der Waals surface area contributed by atoms with E-state index in [2.05, 4.69) is 21.3 Å². The maximum absolute atomic E-state index is 10.1. The lowest BCUT2D eigenvalue weighted by molar-refractivity contribution is 0.133. The second kappa shape index (κ2) is 6.73. The molecule has 3 unspecified atom stereocenters. The summed E-state index contributed by atoms with van der Waals surface area (Å²) in [5.74, 6) is 2.14. The monoisotopic (exact) mass is 291 g/mol. The van der Waals surface area contributed by atoms with E-state index in [0.29, 0.717) is 11.8 Å². The Bertz CT molecular complexity index is 469. The van der Waals surface area contributed by atoms with Gasteiger partial charge in [0, 0.05) is 51.0 Å². The minimum atomic E-state index is -0.119. The molecule has 1 saturated heterocycles. The van der Waals surface area contributed by atoms with Crippen LogP contribution < -0.4 is 10.2 Å². The number of aliphatic hydroxyl groups excluding tert-OH is 1. The second-order valence-corrected chi connectivity index (χ2v) is 6.13. The van der Waals surface area contributed by atoms with Crippen LogP contribution in [-0.4, -0.2) is 49.5 Å². The summed E-state index contributed by atoms with van der Waals surface area (Å²) in [6.07, 6.45) is 3.86. The normalized spacial score (nSPS) is 28.1. The third-order valence-electron chi connectivity index (χ3n) is 4.78. The molecule has 1 saturated carbocycles. The molecule has 5 nitrogen and oxygen atoms in total. The van der Waals surface area contributed by atoms with Crippen molar-refractivity contribution >= 4 is 5.82 Å². The van der Waals surface area contributed by atoms with Gasteiger partial charge in [-0.05, 0) is 24.8 Å². The van der Waals surface area contributed by atoms with Crippen molar-refractivity contribution in [2.24, 2.45) is 11.8 Å². The lowest BCUT2D eigenvalue weighted by atomic mass is 10.00. The SMILES string of the molecule is COCCNCc1cccnc1N1CC2CCC(O)C2C1. The molecular formula is C16H25N3O2. The van der Waals surface area contributed by atoms with Crippen LogP contribution in [0.2, 0.25) is 0 Å². The predicted octanol–water partition coefficient (Wildman–Crippen LogP) is 1.02. The highest BCUT2D eigenvalue weighted by Crippen LogP contribution is 2.39. The van der Waals surface area contributed by atoms with Crippen LogP contribution in [0.5, 0.6) is 0 Å². The molecule has 2 fully saturated rings. The number of ether oxygens (including phenoxy) is 1. The number of hydrogen-bond acceptors (Lipinski definition) is 5. The minimum Gasteiger partial charge on any atom is -0.393 e. The van der Waals surface area contributed by atoms with Crippen LogP contribution in [0.25, 0.3) is 0 Å². The number of nitrogens with one attached hydrogen (secondary N) is 1. The van der Waals surface area contributed by atoms with Gasteiger partial charge in [-0.15, -0.1) is 0 Å². The Balaban J connectivity index is 1.65. The molecule has 5 heteroatoms. The van der Waals surface area contributed by atoms with Gasteiger partial charge >= 0.3 is 0 Å². The lowest BCUT2D eigenvalue weighted by Gasteiger charge is -2.22. The Hall–Kier alpha value is -1.17. The predicted molar refractivity (Wildman–Crippen MR) is 82.3 cm³/mol. The number of hydrogen-bond donors (Lipinski definition) is 2. The highest BCUT2D eigenvalue weighted by molar-refractivity contribution is 5.48. The van der Waals surface area contributed by atoms with Crippen LogP contribution in [0.4, 0.5) is 5.82 Å². The summed E-state index contributed by atoms with van der Waals surface area (Å²) in [6.45, 7) is 4.34. The topological polar surface area (TPSA) is 57.6 Å². The van der Waals surface area contributed by atoms with E-state index in [0.717, 1.165) is 51.4 Å². The second-order valence-electron chi connectivity index (χ2n) is 6.13. The number of aromatic nitrogens is 1. The van der Waals surface area contributed by atoms with Crippen molar-refractivity contribution in [3.05, 3.63) is 23.9 Å². The molecule has 3 atom stereocenters. The smallest absolute Gasteiger partial charge is 0.133 e. The van der Waals surface area contributed by atoms with Crippen LogP contribution in [-0.2, 0) is 11.3 Å². The van der Waals surface area contributed by atoms with E-state index in [1.165, 1.54) is 5.56 Å². The number of rotatable bonds is 6. The molecular weight excluding hydrogens is 266 g/mol. The summed E-state index contributed by atoms with van der Waals surface area (Å²) < 4.78 is 5.06. The zero-order valence-electron chi connectivity index (χ0n) is 12.7. The van der Waals surface area contributed by atoms with E-state index in [1.807, 2.05) is 12.3 Å². The van der Waals surface area contributed by atoms with Gasteiger partial charge in [0.15, 0.2) is 0 Å². The van der Waals surface area contributed by atoms with Gasteiger partial charge in [-0.2, -0.15) is 0 Å². The van der Waals surface area contributed by atoms with Crippen molar-refractivity contribution in [2.75, 3.05) is 38.3 Å². The average molecular weight is 291 g/mol. The molecule has 1 aliphatic carbocycles. The van der Waals surface area contributed by atoms with E-state index in [4.69, 9.17) is 4.74 Å². The highest BCUT2D eigenvalue weighted by Gasteiger charge is 2.42. The summed E-state index contributed by atoms with van der Waals surface area (Å²) in [6, 6.07) is 4.12. The molecule has 1 aromatic heterocycles. The fraction of sp³-hybridized carbons (Fsp3) is 0.688. The summed E-state index contributed by atoms with van der Waals surface area (Å²) >= 11 is 0. The van der Waals surface area contributed by atoms with Gasteiger partial charge in [0.2, 0.25) is 0 Å². The van der Waals surface area contributed by atoms with Crippen molar-refractivity contribution < 1.29 is 9.84 Å². The van der Waals surface area contributed by atoms with E-state index in [9.17, 15) is 5.11 Å². The zero-order chi connectivity index (χ0) is 14.7. The molecule has 21 heavy (non-hydrogen) atoms. The van der Waals surface area contributed by atoms with Crippen molar-refractivity contribution in [1.29, 1.82) is 0 Å². The molecule has 2 N–H and O–H groups in total. The van der Waals surface area contributed by atoms with Gasteiger partial charge in [-0.3, -0.25) is 0 Å². The summed E-state index contributed by atoms with van der Waals surface area (Å²) in [5.41, 5.74) is 1.23. The van der Waals surface area contributed by atoms with Gasteiger partial charge in [-0.1, -0.05) is 6.07 Å². The maximum Gasteiger partial charge on any atom is 0.133 e. The number of aliphatic hydroxyl groups is 1. The van der Waals surface area contributed by atoms with Crippen LogP contribution in [0, 0.1) is 11.8 Å². The third kappa shape index (κ3) is 3.20. The summed E-state index contributed by atoms with van der Waals surface area (Å²) in [5, 5.41) is 13.4. The van der Waals surface area contributed by atoms with Gasteiger partial charge in [0.05, 0.1) is 12.7 Å². The van der Waals surface area contributed by atoms with Crippen LogP contribution in [0.15, 0.2) is 18.3 Å². The molecule has 3 rings (SSSR count). The van der Waals surface area contributed by atoms with E-state index in [-0.39, 0.29) is 6.10 Å². The Morgan fingerprint density at radius 2 is 2.33 bits per heavy atom. The lowest BCUT2D eigenvalue weighted by Crippen LogP contribution is -2.27. The Kier molecular flexibility index (Phi) is 4.73. The molecule has 1 aromatic rings. The Morgan fingerprint density at radius 1 is 1.43 bits per heavy atom. The van der Waals surface area contributed by atoms with E-state index >= 15 is 0 Å².